The fourth-order valence-corrected chi connectivity index (χ4v) is 9.49. The van der Waals surface area contributed by atoms with E-state index in [0.29, 0.717) is 38.0 Å². The zero-order valence-corrected chi connectivity index (χ0v) is 47.4. The SMILES string of the molecule is CC(C)Cc1ccc(CCC(CC(CC(CC(Cl)C(=O)O)C(=O)OC(C)(C)C)c2ccc(CCC(CC(C)C(=O)O)C(=O)OC(C)(C)C)cc2)c2ccc(CCC(CC(Cl)C(=O)O)C(=O)OC(C)(C)C)cc2)cc1. The van der Waals surface area contributed by atoms with Crippen LogP contribution >= 0.6 is 23.2 Å². The molecule has 8 unspecified atom stereocenters. The second kappa shape index (κ2) is 28.8. The van der Waals surface area contributed by atoms with Gasteiger partial charge in [0.25, 0.3) is 0 Å². The number of carboxylic acids is 3. The molecule has 0 aromatic heterocycles. The Labute approximate surface area is 450 Å². The van der Waals surface area contributed by atoms with Gasteiger partial charge in [0.05, 0.1) is 23.7 Å². The van der Waals surface area contributed by atoms with E-state index in [2.05, 4.69) is 50.2 Å². The summed E-state index contributed by atoms with van der Waals surface area (Å²) in [5.74, 6) is -7.74. The molecule has 3 aromatic rings. The fourth-order valence-electron chi connectivity index (χ4n) is 9.06. The summed E-state index contributed by atoms with van der Waals surface area (Å²) < 4.78 is 17.3. The normalized spacial score (nSPS) is 15.4. The number of alkyl halides is 2. The highest BCUT2D eigenvalue weighted by Crippen LogP contribution is 2.40. The number of hydrogen-bond donors (Lipinski definition) is 3. The molecule has 0 spiro atoms. The van der Waals surface area contributed by atoms with Crippen molar-refractivity contribution in [2.45, 2.75) is 200 Å². The Kier molecular flexibility index (Phi) is 24.7. The first kappa shape index (κ1) is 63.4. The molecular formula is C60H84Cl2O12. The molecule has 410 valence electrons. The second-order valence-electron chi connectivity index (χ2n) is 23.6. The Morgan fingerprint density at radius 1 is 0.432 bits per heavy atom. The average Bonchev–Trinajstić information content (AvgIpc) is 3.28. The van der Waals surface area contributed by atoms with Gasteiger partial charge < -0.3 is 29.5 Å². The van der Waals surface area contributed by atoms with Crippen molar-refractivity contribution in [3.8, 4) is 0 Å². The van der Waals surface area contributed by atoms with Crippen molar-refractivity contribution in [3.05, 3.63) is 106 Å². The number of halogens is 2. The number of benzene rings is 3. The fraction of sp³-hybridized carbons (Fsp3) is 0.600. The molecule has 0 bridgehead atoms. The predicted molar refractivity (Wildman–Crippen MR) is 291 cm³/mol. The smallest absolute Gasteiger partial charge is 0.321 e. The number of carbonyl (C=O) groups is 6. The van der Waals surface area contributed by atoms with E-state index in [1.807, 2.05) is 36.4 Å². The first-order chi connectivity index (χ1) is 34.3. The maximum Gasteiger partial charge on any atom is 0.321 e. The van der Waals surface area contributed by atoms with Crippen molar-refractivity contribution in [3.63, 3.8) is 0 Å². The quantitative estimate of drug-likeness (QED) is 0.0339. The van der Waals surface area contributed by atoms with Crippen molar-refractivity contribution in [2.75, 3.05) is 0 Å². The molecule has 0 saturated heterocycles. The molecule has 0 aliphatic heterocycles. The highest BCUT2D eigenvalue weighted by Gasteiger charge is 2.35. The maximum absolute atomic E-state index is 14.0. The third kappa shape index (κ3) is 23.7. The van der Waals surface area contributed by atoms with Crippen LogP contribution in [0.4, 0.5) is 0 Å². The van der Waals surface area contributed by atoms with Crippen molar-refractivity contribution in [1.29, 1.82) is 0 Å². The summed E-state index contributed by atoms with van der Waals surface area (Å²) in [7, 11) is 0. The summed E-state index contributed by atoms with van der Waals surface area (Å²) in [6.45, 7) is 21.9. The van der Waals surface area contributed by atoms with Crippen LogP contribution in [0.25, 0.3) is 0 Å². The third-order valence-corrected chi connectivity index (χ3v) is 13.6. The minimum atomic E-state index is -1.34. The maximum atomic E-state index is 14.0. The van der Waals surface area contributed by atoms with Crippen molar-refractivity contribution in [2.24, 2.45) is 29.6 Å². The Morgan fingerprint density at radius 2 is 0.770 bits per heavy atom. The van der Waals surface area contributed by atoms with Gasteiger partial charge in [0.15, 0.2) is 0 Å². The van der Waals surface area contributed by atoms with Gasteiger partial charge in [-0.05, 0) is 190 Å². The van der Waals surface area contributed by atoms with E-state index in [9.17, 15) is 44.1 Å². The van der Waals surface area contributed by atoms with Crippen LogP contribution in [0, 0.1) is 29.6 Å². The first-order valence-electron chi connectivity index (χ1n) is 26.2. The molecule has 0 radical (unpaired) electrons. The highest BCUT2D eigenvalue weighted by molar-refractivity contribution is 6.30. The molecule has 0 aliphatic rings. The van der Waals surface area contributed by atoms with Crippen LogP contribution < -0.4 is 0 Å². The zero-order valence-electron chi connectivity index (χ0n) is 45.9. The van der Waals surface area contributed by atoms with E-state index in [-0.39, 0.29) is 37.5 Å². The van der Waals surface area contributed by atoms with Gasteiger partial charge in [0.1, 0.15) is 27.6 Å². The van der Waals surface area contributed by atoms with Gasteiger partial charge in [-0.25, -0.2) is 0 Å². The van der Waals surface area contributed by atoms with E-state index >= 15 is 0 Å². The first-order valence-corrected chi connectivity index (χ1v) is 27.1. The number of hydrogen-bond acceptors (Lipinski definition) is 9. The van der Waals surface area contributed by atoms with Crippen LogP contribution in [-0.4, -0.2) is 78.7 Å². The molecular weight excluding hydrogens is 984 g/mol. The van der Waals surface area contributed by atoms with E-state index in [1.54, 1.807) is 69.2 Å². The van der Waals surface area contributed by atoms with Gasteiger partial charge in [-0.15, -0.1) is 23.2 Å². The van der Waals surface area contributed by atoms with E-state index in [4.69, 9.17) is 37.4 Å². The van der Waals surface area contributed by atoms with Crippen molar-refractivity contribution >= 4 is 59.0 Å². The summed E-state index contributed by atoms with van der Waals surface area (Å²) in [6, 6.07) is 24.9. The van der Waals surface area contributed by atoms with Crippen LogP contribution in [0.5, 0.6) is 0 Å². The summed E-state index contributed by atoms with van der Waals surface area (Å²) in [4.78, 5) is 76.3. The monoisotopic (exact) mass is 1070 g/mol. The third-order valence-electron chi connectivity index (χ3n) is 12.9. The lowest BCUT2D eigenvalue weighted by Crippen LogP contribution is -2.32. The van der Waals surface area contributed by atoms with Crippen LogP contribution in [0.3, 0.4) is 0 Å². The molecule has 0 fully saturated rings. The summed E-state index contributed by atoms with van der Waals surface area (Å²) in [5, 5.41) is 26.6. The van der Waals surface area contributed by atoms with Crippen LogP contribution in [0.1, 0.15) is 180 Å². The van der Waals surface area contributed by atoms with Gasteiger partial charge in [-0.3, -0.25) is 28.8 Å². The standard InChI is InChI=1S/C60H84Cl2O12/c1-37(2)31-42-15-13-39(14-16-42)21-28-45(43-24-17-40(18-25-43)23-30-47(35-50(61)53(65)66)56(70)73-59(7,8)9)33-48(34-49(36-51(62)54(67)68)57(71)74-60(10,11)12)44-26-19-41(20-27-44)22-29-46(32-38(3)52(63)64)55(69)72-58(4,5)6/h13-20,24-27,37-38,45-51H,21-23,28-36H2,1-12H3,(H,63,64)(H,65,66)(H,67,68). The molecule has 8 atom stereocenters. The molecule has 0 heterocycles. The minimum Gasteiger partial charge on any atom is -0.481 e. The zero-order chi connectivity index (χ0) is 55.7. The lowest BCUT2D eigenvalue weighted by atomic mass is 9.77. The lowest BCUT2D eigenvalue weighted by molar-refractivity contribution is -0.162. The molecule has 12 nitrogen and oxygen atoms in total. The molecule has 14 heteroatoms. The largest absolute Gasteiger partial charge is 0.481 e. The van der Waals surface area contributed by atoms with Gasteiger partial charge >= 0.3 is 35.8 Å². The Hall–Kier alpha value is -4.94. The van der Waals surface area contributed by atoms with E-state index in [1.165, 1.54) is 11.1 Å². The molecule has 3 N–H and O–H groups in total. The van der Waals surface area contributed by atoms with Crippen LogP contribution in [-0.2, 0) is 68.7 Å². The van der Waals surface area contributed by atoms with Gasteiger partial charge in [0.2, 0.25) is 0 Å². The molecule has 0 amide bonds. The molecule has 3 aromatic carbocycles. The van der Waals surface area contributed by atoms with Crippen LogP contribution in [0.15, 0.2) is 72.8 Å². The minimum absolute atomic E-state index is 0.0671. The molecule has 74 heavy (non-hydrogen) atoms. The van der Waals surface area contributed by atoms with Gasteiger partial charge in [-0.1, -0.05) is 93.6 Å². The number of aliphatic carboxylic acids is 3. The molecule has 0 aliphatic carbocycles. The molecule has 0 saturated carbocycles. The topological polar surface area (TPSA) is 191 Å². The van der Waals surface area contributed by atoms with Gasteiger partial charge in [-0.2, -0.15) is 0 Å². The number of rotatable bonds is 29. The van der Waals surface area contributed by atoms with E-state index < -0.39 is 87.0 Å². The average molecular weight is 1070 g/mol. The Morgan fingerprint density at radius 3 is 1.15 bits per heavy atom. The Bertz CT molecular complexity index is 2270. The Balaban J connectivity index is 2.11. The highest BCUT2D eigenvalue weighted by atomic mass is 35.5. The van der Waals surface area contributed by atoms with Gasteiger partial charge in [0, 0.05) is 0 Å². The predicted octanol–water partition coefficient (Wildman–Crippen LogP) is 13.2. The van der Waals surface area contributed by atoms with Crippen molar-refractivity contribution in [1.82, 2.24) is 0 Å². The van der Waals surface area contributed by atoms with E-state index in [0.717, 1.165) is 41.5 Å². The second-order valence-corrected chi connectivity index (χ2v) is 24.7. The van der Waals surface area contributed by atoms with Crippen LogP contribution in [0.2, 0.25) is 0 Å². The summed E-state index contributed by atoms with van der Waals surface area (Å²) in [6.07, 6.45) is 4.79. The number of esters is 3. The molecule has 3 rings (SSSR count). The number of carboxylic acid groups (broad SMARTS) is 3. The summed E-state index contributed by atoms with van der Waals surface area (Å²) in [5.41, 5.74) is 3.90. The number of aryl methyl sites for hydroxylation is 3. The number of carbonyl (C=O) groups excluding carboxylic acids is 3. The lowest BCUT2D eigenvalue weighted by Gasteiger charge is -2.30. The summed E-state index contributed by atoms with van der Waals surface area (Å²) >= 11 is 12.6. The van der Waals surface area contributed by atoms with Crippen molar-refractivity contribution < 1.29 is 58.3 Å². The number of ether oxygens (including phenoxy) is 3.